The summed E-state index contributed by atoms with van der Waals surface area (Å²) in [6.45, 7) is 23.9. The maximum atomic E-state index is 10.4. The zero-order valence-corrected chi connectivity index (χ0v) is 50.9. The standard InChI is InChI=1S/C84H44BN11/c1-89-58-23-37-79-69(41-58)68-40-53(50-88)16-34-76(68)96(79)65-46-82-84-83(47-65)93(62-26-19-57(20-27-62)55-12-8-5-9-13-55)81-45-64(95-77-35-21-59(90-2)42-70(77)71-43-60(91-3)22-36-78(71)95)29-31-73(81)85(84)72-30-28-63(44-80(72)92(82)61-24-17-56(18-25-61)54-10-6-4-7-11-54)94-74-32-14-51(48-86)38-66(74)67-39-52(49-87)15-33-75(67)94/h4-47H. The molecule has 13 aromatic carbocycles. The summed E-state index contributed by atoms with van der Waals surface area (Å²) in [5.41, 5.74) is 24.0. The molecule has 0 spiro atoms. The summed E-state index contributed by atoms with van der Waals surface area (Å²) in [7, 11) is 0. The highest BCUT2D eigenvalue weighted by Gasteiger charge is 2.44. The first-order chi connectivity index (χ1) is 47.3. The highest BCUT2D eigenvalue weighted by atomic mass is 15.2. The molecule has 0 saturated carbocycles. The van der Waals surface area contributed by atoms with E-state index in [2.05, 4.69) is 202 Å². The molecule has 0 N–H and O–H groups in total. The molecule has 0 atom stereocenters. The smallest absolute Gasteiger partial charge is 0.252 e. The topological polar surface area (TPSA) is 106 Å². The van der Waals surface area contributed by atoms with Crippen LogP contribution in [0.25, 0.3) is 119 Å². The van der Waals surface area contributed by atoms with Gasteiger partial charge in [-0.15, -0.1) is 0 Å². The van der Waals surface area contributed by atoms with E-state index in [1.54, 1.807) is 0 Å². The third kappa shape index (κ3) is 8.22. The van der Waals surface area contributed by atoms with Crippen molar-refractivity contribution in [3.63, 3.8) is 0 Å². The normalized spacial score (nSPS) is 12.0. The number of nitrogens with zero attached hydrogens (tertiary/aromatic N) is 11. The van der Waals surface area contributed by atoms with E-state index in [0.29, 0.717) is 33.8 Å². The number of aromatic nitrogens is 3. The van der Waals surface area contributed by atoms with E-state index in [9.17, 15) is 15.8 Å². The van der Waals surface area contributed by atoms with E-state index in [1.807, 2.05) is 121 Å². The third-order valence-corrected chi connectivity index (χ3v) is 19.3. The van der Waals surface area contributed by atoms with Crippen LogP contribution in [0.4, 0.5) is 51.2 Å². The van der Waals surface area contributed by atoms with Crippen LogP contribution in [0, 0.1) is 53.7 Å². The summed E-state index contributed by atoms with van der Waals surface area (Å²) in [6, 6.07) is 98.3. The van der Waals surface area contributed by atoms with Crippen LogP contribution in [0.5, 0.6) is 0 Å². The largest absolute Gasteiger partial charge is 0.311 e. The highest BCUT2D eigenvalue weighted by molar-refractivity contribution is 7.00. The average Bonchev–Trinajstić information content (AvgIpc) is 0.839. The van der Waals surface area contributed by atoms with Crippen molar-refractivity contribution in [1.82, 2.24) is 13.7 Å². The van der Waals surface area contributed by atoms with Gasteiger partial charge in [0.15, 0.2) is 17.1 Å². The Hall–Kier alpha value is -14.1. The van der Waals surface area contributed by atoms with Crippen LogP contribution in [0.15, 0.2) is 267 Å². The Balaban J connectivity index is 0.973. The van der Waals surface area contributed by atoms with Gasteiger partial charge in [-0.1, -0.05) is 115 Å². The number of benzene rings is 13. The molecule has 5 heterocycles. The van der Waals surface area contributed by atoms with Gasteiger partial charge < -0.3 is 23.5 Å². The van der Waals surface area contributed by atoms with Crippen molar-refractivity contribution >= 4 is 140 Å². The molecule has 0 bridgehead atoms. The van der Waals surface area contributed by atoms with Gasteiger partial charge in [-0.2, -0.15) is 15.8 Å². The number of hydrogen-bond donors (Lipinski definition) is 0. The molecule has 2 aliphatic heterocycles. The number of nitriles is 3. The molecule has 3 aromatic heterocycles. The van der Waals surface area contributed by atoms with Crippen molar-refractivity contribution in [3.8, 4) is 57.5 Å². The monoisotopic (exact) mass is 1220 g/mol. The minimum absolute atomic E-state index is 0.371. The van der Waals surface area contributed by atoms with Crippen molar-refractivity contribution < 1.29 is 0 Å². The van der Waals surface area contributed by atoms with Gasteiger partial charge in [0, 0.05) is 61.7 Å². The minimum Gasteiger partial charge on any atom is -0.311 e. The van der Waals surface area contributed by atoms with Crippen LogP contribution in [0.3, 0.4) is 0 Å². The summed E-state index contributed by atoms with van der Waals surface area (Å²) in [5, 5.41) is 36.1. The lowest BCUT2D eigenvalue weighted by Crippen LogP contribution is -2.61. The lowest BCUT2D eigenvalue weighted by atomic mass is 9.33. The van der Waals surface area contributed by atoms with E-state index in [4.69, 9.17) is 19.7 Å². The van der Waals surface area contributed by atoms with E-state index in [0.717, 1.165) is 155 Å². The first-order valence-corrected chi connectivity index (χ1v) is 31.3. The number of rotatable bonds is 7. The summed E-state index contributed by atoms with van der Waals surface area (Å²) < 4.78 is 6.76. The molecule has 0 fully saturated rings. The van der Waals surface area contributed by atoms with E-state index in [-0.39, 0.29) is 6.71 Å². The summed E-state index contributed by atoms with van der Waals surface area (Å²) in [4.78, 5) is 16.4. The van der Waals surface area contributed by atoms with Gasteiger partial charge >= 0.3 is 0 Å². The SMILES string of the molecule is [C-]#[N+]c1ccc2c(c1)c1cc(C#N)ccc1n2-c1cc2c3c(c1)N(c1ccc(-c4ccccc4)cc1)c1cc(-n4c5ccc([N+]#[C-])cc5c5cc([N+]#[C-])ccc54)ccc1B3c1ccc(-n3c4ccc(C#N)cc4c4cc(C#N)ccc43)cc1N2c1ccc(-c2ccccc2)cc1. The zero-order valence-electron chi connectivity index (χ0n) is 50.9. The second-order valence-corrected chi connectivity index (χ2v) is 24.3. The molecule has 96 heavy (non-hydrogen) atoms. The van der Waals surface area contributed by atoms with E-state index < -0.39 is 0 Å². The molecular formula is C84H44BN11. The second kappa shape index (κ2) is 21.2. The van der Waals surface area contributed by atoms with Gasteiger partial charge in [-0.05, 0) is 206 Å². The van der Waals surface area contributed by atoms with Gasteiger partial charge in [0.05, 0.1) is 93.4 Å². The van der Waals surface area contributed by atoms with Gasteiger partial charge in [-0.25, -0.2) is 14.5 Å². The molecule has 0 aliphatic carbocycles. The molecule has 12 heteroatoms. The summed E-state index contributed by atoms with van der Waals surface area (Å²) in [5.74, 6) is 0. The van der Waals surface area contributed by atoms with E-state index in [1.165, 1.54) is 0 Å². The minimum atomic E-state index is -0.371. The van der Waals surface area contributed by atoms with Crippen LogP contribution in [-0.2, 0) is 0 Å². The molecule has 0 unspecified atom stereocenters. The third-order valence-electron chi connectivity index (χ3n) is 19.3. The Bertz CT molecular complexity index is 5830. The Labute approximate surface area is 551 Å². The Morgan fingerprint density at radius 3 is 0.927 bits per heavy atom. The van der Waals surface area contributed by atoms with Gasteiger partial charge in [0.1, 0.15) is 0 Å². The fourth-order valence-corrected chi connectivity index (χ4v) is 15.1. The molecule has 16 aromatic rings. The van der Waals surface area contributed by atoms with Crippen molar-refractivity contribution in [2.24, 2.45) is 0 Å². The van der Waals surface area contributed by atoms with Crippen LogP contribution in [0.1, 0.15) is 16.7 Å². The van der Waals surface area contributed by atoms with Crippen LogP contribution < -0.4 is 26.2 Å². The molecular weight excluding hydrogens is 1170 g/mol. The van der Waals surface area contributed by atoms with Crippen LogP contribution in [-0.4, -0.2) is 20.4 Å². The second-order valence-electron chi connectivity index (χ2n) is 24.3. The molecule has 2 aliphatic rings. The lowest BCUT2D eigenvalue weighted by Gasteiger charge is -2.44. The number of hydrogen-bond acceptors (Lipinski definition) is 5. The molecule has 438 valence electrons. The highest BCUT2D eigenvalue weighted by Crippen LogP contribution is 2.49. The van der Waals surface area contributed by atoms with Gasteiger partial charge in [0.2, 0.25) is 0 Å². The zero-order chi connectivity index (χ0) is 64.4. The average molecular weight is 1220 g/mol. The maximum Gasteiger partial charge on any atom is 0.252 e. The Kier molecular flexibility index (Phi) is 12.1. The van der Waals surface area contributed by atoms with Crippen LogP contribution in [0.2, 0.25) is 0 Å². The fourth-order valence-electron chi connectivity index (χ4n) is 15.1. The van der Waals surface area contributed by atoms with Gasteiger partial charge in [0.25, 0.3) is 6.71 Å². The molecule has 0 radical (unpaired) electrons. The van der Waals surface area contributed by atoms with Crippen molar-refractivity contribution in [3.05, 3.63) is 318 Å². The summed E-state index contributed by atoms with van der Waals surface area (Å²) in [6.07, 6.45) is 0. The first kappa shape index (κ1) is 54.8. The molecule has 0 saturated heterocycles. The number of fused-ring (bicyclic) bond motifs is 13. The van der Waals surface area contributed by atoms with Crippen molar-refractivity contribution in [2.75, 3.05) is 9.80 Å². The van der Waals surface area contributed by atoms with Crippen molar-refractivity contribution in [2.45, 2.75) is 0 Å². The van der Waals surface area contributed by atoms with E-state index >= 15 is 0 Å². The summed E-state index contributed by atoms with van der Waals surface area (Å²) >= 11 is 0. The molecule has 18 rings (SSSR count). The predicted molar refractivity (Wildman–Crippen MR) is 387 cm³/mol. The van der Waals surface area contributed by atoms with Crippen molar-refractivity contribution in [1.29, 1.82) is 15.8 Å². The van der Waals surface area contributed by atoms with Crippen LogP contribution >= 0.6 is 0 Å². The molecule has 0 amide bonds. The Morgan fingerprint density at radius 1 is 0.281 bits per heavy atom. The quantitative estimate of drug-likeness (QED) is 0.117. The maximum absolute atomic E-state index is 10.4. The van der Waals surface area contributed by atoms with Gasteiger partial charge in [-0.3, -0.25) is 0 Å². The number of anilines is 6. The predicted octanol–water partition coefficient (Wildman–Crippen LogP) is 19.7. The Morgan fingerprint density at radius 2 is 0.583 bits per heavy atom. The first-order valence-electron chi connectivity index (χ1n) is 31.3. The lowest BCUT2D eigenvalue weighted by molar-refractivity contribution is 1.15. The fraction of sp³-hybridized carbons (Fsp3) is 0. The molecule has 11 nitrogen and oxygen atoms in total.